The molecule has 0 saturated heterocycles. The van der Waals surface area contributed by atoms with E-state index in [1.54, 1.807) is 6.92 Å². The Morgan fingerprint density at radius 2 is 2.08 bits per heavy atom. The zero-order valence-corrected chi connectivity index (χ0v) is 7.58. The van der Waals surface area contributed by atoms with Gasteiger partial charge in [0.1, 0.15) is 5.56 Å². The Balaban J connectivity index is 3.24. The molecule has 5 heteroatoms. The quantitative estimate of drug-likeness (QED) is 0.504. The number of ether oxygens (including phenoxy) is 1. The van der Waals surface area contributed by atoms with Gasteiger partial charge in [0.05, 0.1) is 12.8 Å². The first-order valence-electron chi connectivity index (χ1n) is 3.63. The molecule has 0 N–H and O–H groups in total. The van der Waals surface area contributed by atoms with E-state index in [-0.39, 0.29) is 17.1 Å². The second-order valence-electron chi connectivity index (χ2n) is 2.52. The van der Waals surface area contributed by atoms with Gasteiger partial charge in [-0.15, -0.1) is 0 Å². The van der Waals surface area contributed by atoms with Crippen LogP contribution in [-0.4, -0.2) is 24.0 Å². The van der Waals surface area contributed by atoms with Crippen LogP contribution in [0, 0.1) is 6.92 Å². The smallest absolute Gasteiger partial charge is 0.343 e. The second kappa shape index (κ2) is 3.38. The fourth-order valence-corrected chi connectivity index (χ4v) is 0.952. The summed E-state index contributed by atoms with van der Waals surface area (Å²) in [6.45, 7) is 2.87. The lowest BCUT2D eigenvalue weighted by Gasteiger charge is -1.96. The minimum atomic E-state index is -0.607. The Morgan fingerprint density at radius 3 is 2.54 bits per heavy atom. The van der Waals surface area contributed by atoms with Crippen LogP contribution in [0.3, 0.4) is 0 Å². The van der Waals surface area contributed by atoms with E-state index in [0.717, 1.165) is 0 Å². The van der Waals surface area contributed by atoms with Crippen LogP contribution >= 0.6 is 0 Å². The standard InChI is InChI=1S/C8H9NO4/c1-4-6(8(11)12-3)7(5(2)10)13-9-4/h1-3H3. The topological polar surface area (TPSA) is 69.4 Å². The lowest BCUT2D eigenvalue weighted by Crippen LogP contribution is -2.07. The molecule has 0 unspecified atom stereocenters. The van der Waals surface area contributed by atoms with Crippen LogP contribution in [0.2, 0.25) is 0 Å². The highest BCUT2D eigenvalue weighted by molar-refractivity contribution is 6.03. The lowest BCUT2D eigenvalue weighted by atomic mass is 10.1. The first kappa shape index (κ1) is 9.44. The van der Waals surface area contributed by atoms with Crippen LogP contribution in [0.25, 0.3) is 0 Å². The number of carbonyl (C=O) groups is 2. The summed E-state index contributed by atoms with van der Waals surface area (Å²) >= 11 is 0. The Kier molecular flexibility index (Phi) is 2.46. The Hall–Kier alpha value is -1.65. The number of carbonyl (C=O) groups excluding carboxylic acids is 2. The Labute approximate surface area is 74.7 Å². The third kappa shape index (κ3) is 1.58. The molecule has 0 atom stereocenters. The Bertz CT molecular complexity index is 353. The predicted octanol–water partition coefficient (Wildman–Crippen LogP) is 0.972. The number of Topliss-reactive ketones (excluding diaryl/α,β-unsaturated/α-hetero) is 1. The third-order valence-corrected chi connectivity index (χ3v) is 1.57. The molecule has 0 aliphatic heterocycles. The third-order valence-electron chi connectivity index (χ3n) is 1.57. The molecular weight excluding hydrogens is 174 g/mol. The molecule has 0 saturated carbocycles. The van der Waals surface area contributed by atoms with Gasteiger partial charge in [0, 0.05) is 6.92 Å². The number of esters is 1. The van der Waals surface area contributed by atoms with E-state index in [2.05, 4.69) is 14.4 Å². The zero-order valence-electron chi connectivity index (χ0n) is 7.58. The molecule has 0 aliphatic carbocycles. The van der Waals surface area contributed by atoms with Gasteiger partial charge in [-0.1, -0.05) is 5.16 Å². The molecule has 1 aromatic heterocycles. The molecule has 13 heavy (non-hydrogen) atoms. The average molecular weight is 183 g/mol. The van der Waals surface area contributed by atoms with Crippen molar-refractivity contribution in [2.24, 2.45) is 0 Å². The fraction of sp³-hybridized carbons (Fsp3) is 0.375. The predicted molar refractivity (Wildman–Crippen MR) is 42.6 cm³/mol. The number of hydrogen-bond donors (Lipinski definition) is 0. The van der Waals surface area contributed by atoms with Gasteiger partial charge in [0.15, 0.2) is 5.78 Å². The second-order valence-corrected chi connectivity index (χ2v) is 2.52. The first-order chi connectivity index (χ1) is 6.07. The highest BCUT2D eigenvalue weighted by Gasteiger charge is 2.23. The molecule has 1 heterocycles. The maximum absolute atomic E-state index is 11.1. The maximum atomic E-state index is 11.1. The molecule has 1 rings (SSSR count). The number of nitrogens with zero attached hydrogens (tertiary/aromatic N) is 1. The average Bonchev–Trinajstić information content (AvgIpc) is 2.46. The van der Waals surface area contributed by atoms with Crippen LogP contribution in [0.4, 0.5) is 0 Å². The van der Waals surface area contributed by atoms with Crippen LogP contribution in [0.15, 0.2) is 4.52 Å². The van der Waals surface area contributed by atoms with Gasteiger partial charge >= 0.3 is 5.97 Å². The summed E-state index contributed by atoms with van der Waals surface area (Å²) in [5.74, 6) is -1.01. The van der Waals surface area contributed by atoms with E-state index in [1.807, 2.05) is 0 Å². The van der Waals surface area contributed by atoms with Gasteiger partial charge in [-0.05, 0) is 6.92 Å². The Morgan fingerprint density at radius 1 is 1.46 bits per heavy atom. The largest absolute Gasteiger partial charge is 0.465 e. The van der Waals surface area contributed by atoms with Gasteiger partial charge in [-0.3, -0.25) is 4.79 Å². The number of rotatable bonds is 2. The SMILES string of the molecule is COC(=O)c1c(C)noc1C(C)=O. The van der Waals surface area contributed by atoms with Crippen LogP contribution < -0.4 is 0 Å². The highest BCUT2D eigenvalue weighted by atomic mass is 16.5. The van der Waals surface area contributed by atoms with Crippen molar-refractivity contribution in [2.45, 2.75) is 13.8 Å². The molecule has 0 aromatic carbocycles. The van der Waals surface area contributed by atoms with Gasteiger partial charge in [-0.25, -0.2) is 4.79 Å². The number of aromatic nitrogens is 1. The van der Waals surface area contributed by atoms with Crippen molar-refractivity contribution in [3.8, 4) is 0 Å². The summed E-state index contributed by atoms with van der Waals surface area (Å²) < 4.78 is 9.15. The molecule has 0 radical (unpaired) electrons. The molecular formula is C8H9NO4. The van der Waals surface area contributed by atoms with E-state index in [4.69, 9.17) is 0 Å². The van der Waals surface area contributed by atoms with E-state index in [0.29, 0.717) is 5.69 Å². The fourth-order valence-electron chi connectivity index (χ4n) is 0.952. The number of ketones is 1. The van der Waals surface area contributed by atoms with Crippen molar-refractivity contribution in [1.29, 1.82) is 0 Å². The summed E-state index contributed by atoms with van der Waals surface area (Å²) in [4.78, 5) is 22.1. The molecule has 70 valence electrons. The molecule has 1 aromatic rings. The molecule has 0 fully saturated rings. The van der Waals surface area contributed by atoms with Crippen molar-refractivity contribution in [2.75, 3.05) is 7.11 Å². The van der Waals surface area contributed by atoms with E-state index >= 15 is 0 Å². The molecule has 5 nitrogen and oxygen atoms in total. The lowest BCUT2D eigenvalue weighted by molar-refractivity contribution is 0.0594. The van der Waals surface area contributed by atoms with Gasteiger partial charge in [-0.2, -0.15) is 0 Å². The van der Waals surface area contributed by atoms with E-state index in [1.165, 1.54) is 14.0 Å². The summed E-state index contributed by atoms with van der Waals surface area (Å²) in [6.07, 6.45) is 0. The van der Waals surface area contributed by atoms with Crippen molar-refractivity contribution >= 4 is 11.8 Å². The van der Waals surface area contributed by atoms with Gasteiger partial charge in [0.2, 0.25) is 5.76 Å². The highest BCUT2D eigenvalue weighted by Crippen LogP contribution is 2.14. The van der Waals surface area contributed by atoms with E-state index < -0.39 is 5.97 Å². The monoisotopic (exact) mass is 183 g/mol. The minimum Gasteiger partial charge on any atom is -0.465 e. The van der Waals surface area contributed by atoms with Gasteiger partial charge in [0.25, 0.3) is 0 Å². The minimum absolute atomic E-state index is 0.0515. The van der Waals surface area contributed by atoms with Crippen LogP contribution in [-0.2, 0) is 4.74 Å². The number of methoxy groups -OCH3 is 1. The summed E-state index contributed by atoms with van der Waals surface area (Å²) in [5.41, 5.74) is 0.465. The van der Waals surface area contributed by atoms with Crippen molar-refractivity contribution < 1.29 is 18.8 Å². The summed E-state index contributed by atoms with van der Waals surface area (Å²) in [6, 6.07) is 0. The van der Waals surface area contributed by atoms with Crippen molar-refractivity contribution in [3.63, 3.8) is 0 Å². The van der Waals surface area contributed by atoms with Crippen LogP contribution in [0.5, 0.6) is 0 Å². The molecule has 0 aliphatic rings. The van der Waals surface area contributed by atoms with E-state index in [9.17, 15) is 9.59 Å². The van der Waals surface area contributed by atoms with Crippen molar-refractivity contribution in [3.05, 3.63) is 17.0 Å². The molecule has 0 amide bonds. The van der Waals surface area contributed by atoms with Crippen molar-refractivity contribution in [1.82, 2.24) is 5.16 Å². The first-order valence-corrected chi connectivity index (χ1v) is 3.63. The normalized spacial score (nSPS) is 9.77. The number of hydrogen-bond acceptors (Lipinski definition) is 5. The maximum Gasteiger partial charge on any atom is 0.343 e. The van der Waals surface area contributed by atoms with Crippen LogP contribution in [0.1, 0.15) is 33.5 Å². The zero-order chi connectivity index (χ0) is 10.0. The van der Waals surface area contributed by atoms with Gasteiger partial charge < -0.3 is 9.26 Å². The number of aryl methyl sites for hydroxylation is 1. The summed E-state index contributed by atoms with van der Waals surface area (Å²) in [7, 11) is 1.23. The summed E-state index contributed by atoms with van der Waals surface area (Å²) in [5, 5.41) is 3.51. The molecule has 0 spiro atoms. The molecule has 0 bridgehead atoms.